The molecule has 1 aliphatic rings. The summed E-state index contributed by atoms with van der Waals surface area (Å²) in [4.78, 5) is 21.6. The lowest BCUT2D eigenvalue weighted by Crippen LogP contribution is -2.38. The van der Waals surface area contributed by atoms with Gasteiger partial charge in [-0.2, -0.15) is 5.10 Å². The molecule has 1 aromatic carbocycles. The number of aliphatic hydroxyl groups is 1. The molecular weight excluding hydrogens is 456 g/mol. The molecule has 4 rings (SSSR count). The first-order chi connectivity index (χ1) is 16.3. The van der Waals surface area contributed by atoms with E-state index in [1.165, 1.54) is 6.20 Å². The second-order valence-electron chi connectivity index (χ2n) is 8.71. The number of carbonyl (C=O) groups excluding carboxylic acids is 1. The van der Waals surface area contributed by atoms with Gasteiger partial charge in [0.05, 0.1) is 42.0 Å². The molecule has 1 amide bonds. The van der Waals surface area contributed by atoms with Crippen LogP contribution in [0.15, 0.2) is 36.8 Å². The second-order valence-corrected chi connectivity index (χ2v) is 9.12. The molecule has 0 spiro atoms. The predicted octanol–water partition coefficient (Wildman–Crippen LogP) is 4.36. The summed E-state index contributed by atoms with van der Waals surface area (Å²) < 4.78 is 7.35. The standard InChI is InChI=1S/C24H29ClN6O3/c1-14(2)31-13-16(11-27-31)22-19(25)12-26-24(30-22)29-20-9-4-15(10-21(20)34-3)23(33)28-17-5-7-18(32)8-6-17/h4,9-14,17-18,32H,5-8H2,1-3H3,(H,28,33)(H,26,29,30). The van der Waals surface area contributed by atoms with Gasteiger partial charge in [-0.05, 0) is 57.7 Å². The summed E-state index contributed by atoms with van der Waals surface area (Å²) in [5.41, 5.74) is 2.47. The van der Waals surface area contributed by atoms with E-state index in [1.54, 1.807) is 31.5 Å². The number of ether oxygens (including phenoxy) is 1. The van der Waals surface area contributed by atoms with E-state index in [1.807, 2.05) is 24.7 Å². The Labute approximate surface area is 203 Å². The van der Waals surface area contributed by atoms with Crippen molar-refractivity contribution < 1.29 is 14.6 Å². The van der Waals surface area contributed by atoms with Crippen molar-refractivity contribution in [3.05, 3.63) is 47.4 Å². The maximum Gasteiger partial charge on any atom is 0.251 e. The lowest BCUT2D eigenvalue weighted by Gasteiger charge is -2.26. The summed E-state index contributed by atoms with van der Waals surface area (Å²) in [6, 6.07) is 5.45. The lowest BCUT2D eigenvalue weighted by atomic mass is 9.93. The Bertz CT molecular complexity index is 1160. The van der Waals surface area contributed by atoms with Crippen molar-refractivity contribution in [3.63, 3.8) is 0 Å². The third-order valence-corrected chi connectivity index (χ3v) is 6.17. The minimum absolute atomic E-state index is 0.0700. The Morgan fingerprint density at radius 2 is 2.00 bits per heavy atom. The molecule has 1 fully saturated rings. The predicted molar refractivity (Wildman–Crippen MR) is 131 cm³/mol. The molecule has 10 heteroatoms. The number of anilines is 2. The number of benzene rings is 1. The van der Waals surface area contributed by atoms with Crippen molar-refractivity contribution in [3.8, 4) is 17.0 Å². The number of nitrogens with zero attached hydrogens (tertiary/aromatic N) is 4. The number of nitrogens with one attached hydrogen (secondary N) is 2. The third kappa shape index (κ3) is 5.48. The molecule has 0 unspecified atom stereocenters. The van der Waals surface area contributed by atoms with Gasteiger partial charge in [-0.1, -0.05) is 11.6 Å². The zero-order valence-electron chi connectivity index (χ0n) is 19.5. The van der Waals surface area contributed by atoms with Gasteiger partial charge in [-0.3, -0.25) is 9.48 Å². The SMILES string of the molecule is COc1cc(C(=O)NC2CCC(O)CC2)ccc1Nc1ncc(Cl)c(-c2cnn(C(C)C)c2)n1. The van der Waals surface area contributed by atoms with Crippen LogP contribution < -0.4 is 15.4 Å². The van der Waals surface area contributed by atoms with Crippen molar-refractivity contribution in [1.82, 2.24) is 25.1 Å². The van der Waals surface area contributed by atoms with E-state index in [4.69, 9.17) is 16.3 Å². The summed E-state index contributed by atoms with van der Waals surface area (Å²) in [5.74, 6) is 0.658. The van der Waals surface area contributed by atoms with E-state index >= 15 is 0 Å². The van der Waals surface area contributed by atoms with Gasteiger partial charge in [0.15, 0.2) is 0 Å². The molecule has 3 aromatic rings. The Kier molecular flexibility index (Phi) is 7.33. The van der Waals surface area contributed by atoms with Gasteiger partial charge in [0.1, 0.15) is 5.75 Å². The quantitative estimate of drug-likeness (QED) is 0.456. The van der Waals surface area contributed by atoms with Gasteiger partial charge < -0.3 is 20.5 Å². The number of aliphatic hydroxyl groups excluding tert-OH is 1. The molecule has 9 nitrogen and oxygen atoms in total. The third-order valence-electron chi connectivity index (χ3n) is 5.89. The van der Waals surface area contributed by atoms with Crippen LogP contribution >= 0.6 is 11.6 Å². The molecule has 180 valence electrons. The monoisotopic (exact) mass is 484 g/mol. The highest BCUT2D eigenvalue weighted by Gasteiger charge is 2.22. The molecule has 2 heterocycles. The van der Waals surface area contributed by atoms with E-state index in [2.05, 4.69) is 25.7 Å². The van der Waals surface area contributed by atoms with Crippen LogP contribution in [0.4, 0.5) is 11.6 Å². The summed E-state index contributed by atoms with van der Waals surface area (Å²) in [6.45, 7) is 4.09. The van der Waals surface area contributed by atoms with Crippen LogP contribution in [0.5, 0.6) is 5.75 Å². The molecule has 1 saturated carbocycles. The van der Waals surface area contributed by atoms with Crippen molar-refractivity contribution in [1.29, 1.82) is 0 Å². The van der Waals surface area contributed by atoms with Gasteiger partial charge in [0, 0.05) is 29.4 Å². The minimum Gasteiger partial charge on any atom is -0.495 e. The zero-order chi connectivity index (χ0) is 24.2. The number of halogens is 1. The highest BCUT2D eigenvalue weighted by atomic mass is 35.5. The fourth-order valence-electron chi connectivity index (χ4n) is 3.92. The maximum atomic E-state index is 12.7. The number of hydrogen-bond acceptors (Lipinski definition) is 7. The van der Waals surface area contributed by atoms with Crippen LogP contribution in [0.1, 0.15) is 55.9 Å². The van der Waals surface area contributed by atoms with Crippen LogP contribution in [0.2, 0.25) is 5.02 Å². The highest BCUT2D eigenvalue weighted by Crippen LogP contribution is 2.31. The molecular formula is C24H29ClN6O3. The number of rotatable bonds is 7. The van der Waals surface area contributed by atoms with E-state index in [-0.39, 0.29) is 24.1 Å². The average molecular weight is 485 g/mol. The van der Waals surface area contributed by atoms with Gasteiger partial charge in [0.2, 0.25) is 5.95 Å². The van der Waals surface area contributed by atoms with Crippen LogP contribution in [0.25, 0.3) is 11.3 Å². The fourth-order valence-corrected chi connectivity index (χ4v) is 4.12. The normalized spacial score (nSPS) is 18.1. The van der Waals surface area contributed by atoms with Crippen LogP contribution in [-0.4, -0.2) is 50.0 Å². The molecule has 1 aliphatic carbocycles. The number of methoxy groups -OCH3 is 1. The first kappa shape index (κ1) is 24.0. The molecule has 0 atom stereocenters. The van der Waals surface area contributed by atoms with Gasteiger partial charge in [0.25, 0.3) is 5.91 Å². The lowest BCUT2D eigenvalue weighted by molar-refractivity contribution is 0.0867. The van der Waals surface area contributed by atoms with Gasteiger partial charge in [-0.25, -0.2) is 9.97 Å². The van der Waals surface area contributed by atoms with E-state index < -0.39 is 0 Å². The van der Waals surface area contributed by atoms with Gasteiger partial charge >= 0.3 is 0 Å². The molecule has 0 radical (unpaired) electrons. The van der Waals surface area contributed by atoms with Crippen molar-refractivity contribution >= 4 is 29.1 Å². The number of hydrogen-bond donors (Lipinski definition) is 3. The van der Waals surface area contributed by atoms with E-state index in [0.29, 0.717) is 46.5 Å². The molecule has 34 heavy (non-hydrogen) atoms. The van der Waals surface area contributed by atoms with Crippen LogP contribution in [0, 0.1) is 0 Å². The van der Waals surface area contributed by atoms with Crippen LogP contribution in [0.3, 0.4) is 0 Å². The molecule has 0 saturated heterocycles. The van der Waals surface area contributed by atoms with Crippen molar-refractivity contribution in [2.75, 3.05) is 12.4 Å². The van der Waals surface area contributed by atoms with E-state index in [0.717, 1.165) is 18.4 Å². The van der Waals surface area contributed by atoms with Gasteiger partial charge in [-0.15, -0.1) is 0 Å². The smallest absolute Gasteiger partial charge is 0.251 e. The highest BCUT2D eigenvalue weighted by molar-refractivity contribution is 6.32. The summed E-state index contributed by atoms with van der Waals surface area (Å²) >= 11 is 6.35. The molecule has 2 aromatic heterocycles. The summed E-state index contributed by atoms with van der Waals surface area (Å²) in [6.07, 6.45) is 7.85. The first-order valence-corrected chi connectivity index (χ1v) is 11.7. The second kappa shape index (κ2) is 10.4. The largest absolute Gasteiger partial charge is 0.495 e. The van der Waals surface area contributed by atoms with Crippen molar-refractivity contribution in [2.24, 2.45) is 0 Å². The minimum atomic E-state index is -0.263. The molecule has 0 aliphatic heterocycles. The first-order valence-electron chi connectivity index (χ1n) is 11.3. The number of amides is 1. The zero-order valence-corrected chi connectivity index (χ0v) is 20.2. The van der Waals surface area contributed by atoms with Crippen molar-refractivity contribution in [2.45, 2.75) is 57.7 Å². The van der Waals surface area contributed by atoms with E-state index in [9.17, 15) is 9.90 Å². The Morgan fingerprint density at radius 3 is 2.68 bits per heavy atom. The van der Waals surface area contributed by atoms with Crippen LogP contribution in [-0.2, 0) is 0 Å². The average Bonchev–Trinajstić information content (AvgIpc) is 3.32. The Hall–Kier alpha value is -3.17. The summed E-state index contributed by atoms with van der Waals surface area (Å²) in [5, 5.41) is 20.6. The Balaban J connectivity index is 1.51. The fraction of sp³-hybridized carbons (Fsp3) is 0.417. The number of carbonyl (C=O) groups is 1. The topological polar surface area (TPSA) is 114 Å². The maximum absolute atomic E-state index is 12.7. The Morgan fingerprint density at radius 1 is 1.24 bits per heavy atom. The number of aromatic nitrogens is 4. The molecule has 3 N–H and O–H groups in total. The molecule has 0 bridgehead atoms. The summed E-state index contributed by atoms with van der Waals surface area (Å²) in [7, 11) is 1.54.